The molecule has 0 aliphatic heterocycles. The average Bonchev–Trinajstić information content (AvgIpc) is 2.56. The van der Waals surface area contributed by atoms with E-state index in [1.54, 1.807) is 21.2 Å². The number of aryl methyl sites for hydroxylation is 1. The number of nitrogens with zero attached hydrogens (tertiary/aromatic N) is 2. The molecule has 134 valence electrons. The number of carbonyl (C=O) groups is 1. The number of carbonyl (C=O) groups excluding carboxylic acids is 1. The second-order valence-electron chi connectivity index (χ2n) is 6.07. The lowest BCUT2D eigenvalue weighted by molar-refractivity contribution is -0.127. The molecule has 2 N–H and O–H groups in total. The number of amides is 1. The fourth-order valence-electron chi connectivity index (χ4n) is 2.00. The SMILES string of the molecule is COCCNC(=NCC(=O)N(C)C)NCC(C)c1ccc(C)cc1. The maximum atomic E-state index is 11.7. The van der Waals surface area contributed by atoms with Crippen molar-refractivity contribution in [3.63, 3.8) is 0 Å². The summed E-state index contributed by atoms with van der Waals surface area (Å²) in [6.45, 7) is 6.31. The molecule has 0 saturated carbocycles. The van der Waals surface area contributed by atoms with Gasteiger partial charge in [0.05, 0.1) is 6.61 Å². The standard InChI is InChI=1S/C18H30N4O2/c1-14-6-8-16(9-7-14)15(2)12-20-18(19-10-11-24-5)21-13-17(23)22(3)4/h6-9,15H,10-13H2,1-5H3,(H2,19,20,21). The second kappa shape index (κ2) is 10.6. The van der Waals surface area contributed by atoms with Crippen molar-refractivity contribution in [1.82, 2.24) is 15.5 Å². The van der Waals surface area contributed by atoms with E-state index in [2.05, 4.69) is 53.7 Å². The number of aliphatic imine (C=N–C) groups is 1. The van der Waals surface area contributed by atoms with Gasteiger partial charge in [0.15, 0.2) is 5.96 Å². The summed E-state index contributed by atoms with van der Waals surface area (Å²) in [6.07, 6.45) is 0. The first kappa shape index (κ1) is 20.0. The minimum absolute atomic E-state index is 0.0329. The lowest BCUT2D eigenvalue weighted by atomic mass is 10.0. The average molecular weight is 334 g/mol. The molecule has 0 fully saturated rings. The highest BCUT2D eigenvalue weighted by Gasteiger charge is 2.08. The number of nitrogens with one attached hydrogen (secondary N) is 2. The quantitative estimate of drug-likeness (QED) is 0.428. The number of likely N-dealkylation sites (N-methyl/N-ethyl adjacent to an activating group) is 1. The Morgan fingerprint density at radius 3 is 2.50 bits per heavy atom. The minimum Gasteiger partial charge on any atom is -0.383 e. The molecule has 6 heteroatoms. The molecule has 1 aromatic carbocycles. The summed E-state index contributed by atoms with van der Waals surface area (Å²) >= 11 is 0. The number of methoxy groups -OCH3 is 1. The Morgan fingerprint density at radius 2 is 1.92 bits per heavy atom. The van der Waals surface area contributed by atoms with Gasteiger partial charge in [-0.15, -0.1) is 0 Å². The molecule has 1 unspecified atom stereocenters. The lowest BCUT2D eigenvalue weighted by Crippen LogP contribution is -2.41. The molecule has 24 heavy (non-hydrogen) atoms. The van der Waals surface area contributed by atoms with Crippen molar-refractivity contribution in [3.8, 4) is 0 Å². The van der Waals surface area contributed by atoms with Crippen molar-refractivity contribution in [2.45, 2.75) is 19.8 Å². The highest BCUT2D eigenvalue weighted by atomic mass is 16.5. The van der Waals surface area contributed by atoms with Crippen LogP contribution in [0.1, 0.15) is 24.0 Å². The summed E-state index contributed by atoms with van der Waals surface area (Å²) in [4.78, 5) is 17.6. The third-order valence-corrected chi connectivity index (χ3v) is 3.69. The normalized spacial score (nSPS) is 12.6. The van der Waals surface area contributed by atoms with Crippen molar-refractivity contribution in [2.75, 3.05) is 47.4 Å². The lowest BCUT2D eigenvalue weighted by Gasteiger charge is -2.17. The minimum atomic E-state index is -0.0329. The predicted octanol–water partition coefficient (Wildman–Crippen LogP) is 1.37. The van der Waals surface area contributed by atoms with E-state index in [9.17, 15) is 4.79 Å². The van der Waals surface area contributed by atoms with Gasteiger partial charge in [-0.25, -0.2) is 4.99 Å². The fourth-order valence-corrected chi connectivity index (χ4v) is 2.00. The molecule has 1 rings (SSSR count). The molecule has 0 aliphatic rings. The summed E-state index contributed by atoms with van der Waals surface area (Å²) in [5.41, 5.74) is 2.53. The van der Waals surface area contributed by atoms with Gasteiger partial charge in [-0.1, -0.05) is 36.8 Å². The number of rotatable bonds is 8. The summed E-state index contributed by atoms with van der Waals surface area (Å²) < 4.78 is 5.04. The molecular weight excluding hydrogens is 304 g/mol. The Morgan fingerprint density at radius 1 is 1.25 bits per heavy atom. The summed E-state index contributed by atoms with van der Waals surface area (Å²) in [5, 5.41) is 6.47. The van der Waals surface area contributed by atoms with Gasteiger partial charge in [0.25, 0.3) is 0 Å². The number of ether oxygens (including phenoxy) is 1. The molecule has 1 amide bonds. The van der Waals surface area contributed by atoms with Gasteiger partial charge in [0, 0.05) is 34.3 Å². The van der Waals surface area contributed by atoms with Crippen molar-refractivity contribution < 1.29 is 9.53 Å². The van der Waals surface area contributed by atoms with Gasteiger partial charge in [-0.05, 0) is 18.4 Å². The smallest absolute Gasteiger partial charge is 0.243 e. The topological polar surface area (TPSA) is 66.0 Å². The molecule has 0 radical (unpaired) electrons. The summed E-state index contributed by atoms with van der Waals surface area (Å²) in [6, 6.07) is 8.53. The van der Waals surface area contributed by atoms with Crippen LogP contribution in [0.2, 0.25) is 0 Å². The van der Waals surface area contributed by atoms with Gasteiger partial charge < -0.3 is 20.3 Å². The zero-order valence-electron chi connectivity index (χ0n) is 15.4. The molecule has 0 aliphatic carbocycles. The molecule has 1 atom stereocenters. The zero-order valence-corrected chi connectivity index (χ0v) is 15.4. The third kappa shape index (κ3) is 7.46. The van der Waals surface area contributed by atoms with E-state index in [-0.39, 0.29) is 12.5 Å². The Labute approximate surface area is 145 Å². The van der Waals surface area contributed by atoms with Crippen LogP contribution in [0.25, 0.3) is 0 Å². The third-order valence-electron chi connectivity index (χ3n) is 3.69. The van der Waals surface area contributed by atoms with Crippen LogP contribution in [0.5, 0.6) is 0 Å². The van der Waals surface area contributed by atoms with Crippen LogP contribution in [-0.2, 0) is 9.53 Å². The number of hydrogen-bond acceptors (Lipinski definition) is 3. The first-order valence-electron chi connectivity index (χ1n) is 8.22. The Bertz CT molecular complexity index is 526. The van der Waals surface area contributed by atoms with E-state index < -0.39 is 0 Å². The van der Waals surface area contributed by atoms with E-state index in [0.29, 0.717) is 25.0 Å². The molecule has 0 aromatic heterocycles. The van der Waals surface area contributed by atoms with Gasteiger partial charge >= 0.3 is 0 Å². The summed E-state index contributed by atoms with van der Waals surface area (Å²) in [7, 11) is 5.10. The molecular formula is C18H30N4O2. The van der Waals surface area contributed by atoms with Crippen LogP contribution in [0.4, 0.5) is 0 Å². The molecule has 0 heterocycles. The highest BCUT2D eigenvalue weighted by Crippen LogP contribution is 2.14. The van der Waals surface area contributed by atoms with Crippen molar-refractivity contribution in [1.29, 1.82) is 0 Å². The molecule has 1 aromatic rings. The van der Waals surface area contributed by atoms with Crippen LogP contribution in [0, 0.1) is 6.92 Å². The van der Waals surface area contributed by atoms with E-state index in [1.165, 1.54) is 16.0 Å². The van der Waals surface area contributed by atoms with Crippen LogP contribution < -0.4 is 10.6 Å². The first-order valence-corrected chi connectivity index (χ1v) is 8.22. The van der Waals surface area contributed by atoms with Crippen LogP contribution in [0.15, 0.2) is 29.3 Å². The zero-order chi connectivity index (χ0) is 17.9. The number of benzene rings is 1. The van der Waals surface area contributed by atoms with Crippen molar-refractivity contribution in [3.05, 3.63) is 35.4 Å². The van der Waals surface area contributed by atoms with E-state index in [4.69, 9.17) is 4.74 Å². The number of guanidine groups is 1. The predicted molar refractivity (Wildman–Crippen MR) is 98.5 cm³/mol. The largest absolute Gasteiger partial charge is 0.383 e. The van der Waals surface area contributed by atoms with E-state index in [0.717, 1.165) is 6.54 Å². The Kier molecular flexibility index (Phi) is 8.86. The molecule has 0 bridgehead atoms. The van der Waals surface area contributed by atoms with E-state index in [1.807, 2.05) is 0 Å². The van der Waals surface area contributed by atoms with Crippen molar-refractivity contribution >= 4 is 11.9 Å². The maximum absolute atomic E-state index is 11.7. The highest BCUT2D eigenvalue weighted by molar-refractivity contribution is 5.84. The molecule has 0 spiro atoms. The first-order chi connectivity index (χ1) is 11.4. The summed E-state index contributed by atoms with van der Waals surface area (Å²) in [5.74, 6) is 0.931. The fraction of sp³-hybridized carbons (Fsp3) is 0.556. The number of hydrogen-bond donors (Lipinski definition) is 2. The van der Waals surface area contributed by atoms with Crippen molar-refractivity contribution in [2.24, 2.45) is 4.99 Å². The maximum Gasteiger partial charge on any atom is 0.243 e. The van der Waals surface area contributed by atoms with Gasteiger partial charge in [0.2, 0.25) is 5.91 Å². The molecule has 0 saturated heterocycles. The van der Waals surface area contributed by atoms with Gasteiger partial charge in [-0.3, -0.25) is 4.79 Å². The molecule has 6 nitrogen and oxygen atoms in total. The van der Waals surface area contributed by atoms with Gasteiger partial charge in [-0.2, -0.15) is 0 Å². The van der Waals surface area contributed by atoms with Crippen LogP contribution in [-0.4, -0.2) is 64.2 Å². The Hall–Kier alpha value is -2.08. The second-order valence-corrected chi connectivity index (χ2v) is 6.07. The van der Waals surface area contributed by atoms with Crippen LogP contribution in [0.3, 0.4) is 0 Å². The van der Waals surface area contributed by atoms with Gasteiger partial charge in [0.1, 0.15) is 6.54 Å². The van der Waals surface area contributed by atoms with E-state index >= 15 is 0 Å². The Balaban J connectivity index is 2.60. The van der Waals surface area contributed by atoms with Crippen LogP contribution >= 0.6 is 0 Å². The monoisotopic (exact) mass is 334 g/mol.